The lowest BCUT2D eigenvalue weighted by molar-refractivity contribution is -0.119. The summed E-state index contributed by atoms with van der Waals surface area (Å²) in [7, 11) is 0. The van der Waals surface area contributed by atoms with Crippen molar-refractivity contribution in [3.05, 3.63) is 12.2 Å². The Bertz CT molecular complexity index is 325. The maximum atomic E-state index is 10.9. The van der Waals surface area contributed by atoms with Crippen LogP contribution in [0, 0.1) is 5.92 Å². The normalized spacial score (nSPS) is 18.0. The third-order valence-corrected chi connectivity index (χ3v) is 3.66. The number of likely N-dealkylation sites (tertiary alicyclic amines) is 1. The summed E-state index contributed by atoms with van der Waals surface area (Å²) in [6.07, 6.45) is 2.33. The molecule has 1 saturated heterocycles. The number of hydrogen-bond acceptors (Lipinski definition) is 3. The highest BCUT2D eigenvalue weighted by Crippen LogP contribution is 2.17. The largest absolute Gasteiger partial charge is 0.356 e. The van der Waals surface area contributed by atoms with Crippen molar-refractivity contribution in [2.75, 3.05) is 32.7 Å². The molecule has 4 nitrogen and oxygen atoms in total. The van der Waals surface area contributed by atoms with E-state index in [0.29, 0.717) is 5.92 Å². The first kappa shape index (κ1) is 17.2. The Morgan fingerprint density at radius 3 is 2.40 bits per heavy atom. The van der Waals surface area contributed by atoms with Gasteiger partial charge in [0.1, 0.15) is 0 Å². The second-order valence-electron chi connectivity index (χ2n) is 7.01. The van der Waals surface area contributed by atoms with Crippen molar-refractivity contribution in [2.45, 2.75) is 46.1 Å². The molecule has 0 aliphatic carbocycles. The van der Waals surface area contributed by atoms with Crippen molar-refractivity contribution in [3.8, 4) is 0 Å². The van der Waals surface area contributed by atoms with Gasteiger partial charge in [0.05, 0.1) is 0 Å². The van der Waals surface area contributed by atoms with Crippen LogP contribution < -0.4 is 10.6 Å². The number of rotatable bonds is 6. The van der Waals surface area contributed by atoms with Gasteiger partial charge in [-0.2, -0.15) is 0 Å². The first-order valence-corrected chi connectivity index (χ1v) is 7.65. The minimum atomic E-state index is 0.0778. The van der Waals surface area contributed by atoms with Gasteiger partial charge in [0.25, 0.3) is 0 Å². The van der Waals surface area contributed by atoms with E-state index in [1.165, 1.54) is 18.4 Å². The van der Waals surface area contributed by atoms with E-state index in [4.69, 9.17) is 0 Å². The van der Waals surface area contributed by atoms with Gasteiger partial charge in [-0.25, -0.2) is 0 Å². The maximum absolute atomic E-state index is 10.9. The molecule has 0 saturated carbocycles. The lowest BCUT2D eigenvalue weighted by Gasteiger charge is -2.33. The first-order chi connectivity index (χ1) is 9.26. The van der Waals surface area contributed by atoms with E-state index in [1.54, 1.807) is 6.92 Å². The second-order valence-corrected chi connectivity index (χ2v) is 7.01. The Balaban J connectivity index is 2.18. The molecule has 1 heterocycles. The van der Waals surface area contributed by atoms with Crippen molar-refractivity contribution in [3.63, 3.8) is 0 Å². The van der Waals surface area contributed by atoms with E-state index in [2.05, 4.69) is 42.9 Å². The van der Waals surface area contributed by atoms with Gasteiger partial charge in [0, 0.05) is 32.1 Å². The summed E-state index contributed by atoms with van der Waals surface area (Å²) in [6, 6.07) is 0. The van der Waals surface area contributed by atoms with E-state index in [9.17, 15) is 4.79 Å². The molecule has 0 aromatic carbocycles. The molecule has 0 radical (unpaired) electrons. The van der Waals surface area contributed by atoms with Gasteiger partial charge >= 0.3 is 0 Å². The van der Waals surface area contributed by atoms with Gasteiger partial charge < -0.3 is 10.6 Å². The zero-order valence-electron chi connectivity index (χ0n) is 13.6. The fourth-order valence-electron chi connectivity index (χ4n) is 2.40. The third-order valence-electron chi connectivity index (χ3n) is 3.66. The summed E-state index contributed by atoms with van der Waals surface area (Å²) in [5, 5.41) is 6.40. The minimum absolute atomic E-state index is 0.0778. The fourth-order valence-corrected chi connectivity index (χ4v) is 2.40. The molecule has 2 N–H and O–H groups in total. The van der Waals surface area contributed by atoms with Crippen LogP contribution in [0.5, 0.6) is 0 Å². The lowest BCUT2D eigenvalue weighted by atomic mass is 9.96. The summed E-state index contributed by atoms with van der Waals surface area (Å²) in [5.74, 6) is 0.713. The van der Waals surface area contributed by atoms with Gasteiger partial charge in [-0.05, 0) is 58.2 Å². The number of nitrogens with one attached hydrogen (secondary N) is 2. The molecule has 20 heavy (non-hydrogen) atoms. The number of nitrogens with zero attached hydrogens (tertiary/aromatic N) is 1. The fraction of sp³-hybridized carbons (Fsp3) is 0.812. The van der Waals surface area contributed by atoms with Crippen molar-refractivity contribution in [1.29, 1.82) is 0 Å². The molecule has 1 aliphatic rings. The number of piperidine rings is 1. The van der Waals surface area contributed by atoms with Gasteiger partial charge in [0.2, 0.25) is 5.91 Å². The SMILES string of the molecule is C=C(CNC(C)(C)C)CN1CCC(CNC(C)=O)CC1. The van der Waals surface area contributed by atoms with E-state index < -0.39 is 0 Å². The maximum Gasteiger partial charge on any atom is 0.216 e. The Hall–Kier alpha value is -0.870. The van der Waals surface area contributed by atoms with Crippen LogP contribution in [0.15, 0.2) is 12.2 Å². The Morgan fingerprint density at radius 2 is 1.90 bits per heavy atom. The monoisotopic (exact) mass is 281 g/mol. The first-order valence-electron chi connectivity index (χ1n) is 7.65. The van der Waals surface area contributed by atoms with Crippen LogP contribution in [-0.2, 0) is 4.79 Å². The van der Waals surface area contributed by atoms with Gasteiger partial charge in [0.15, 0.2) is 0 Å². The van der Waals surface area contributed by atoms with Crippen molar-refractivity contribution >= 4 is 5.91 Å². The number of carbonyl (C=O) groups is 1. The molecule has 0 aromatic rings. The van der Waals surface area contributed by atoms with Crippen LogP contribution in [0.3, 0.4) is 0 Å². The van der Waals surface area contributed by atoms with E-state index in [-0.39, 0.29) is 11.4 Å². The molecule has 1 rings (SSSR count). The topological polar surface area (TPSA) is 44.4 Å². The predicted octanol–water partition coefficient (Wildman–Crippen LogP) is 1.78. The lowest BCUT2D eigenvalue weighted by Crippen LogP contribution is -2.41. The van der Waals surface area contributed by atoms with Crippen molar-refractivity contribution < 1.29 is 4.79 Å². The zero-order chi connectivity index (χ0) is 15.2. The molecule has 1 fully saturated rings. The Kier molecular flexibility index (Phi) is 6.69. The Morgan fingerprint density at radius 1 is 1.30 bits per heavy atom. The average Bonchev–Trinajstić information content (AvgIpc) is 2.35. The van der Waals surface area contributed by atoms with Crippen LogP contribution in [-0.4, -0.2) is 49.1 Å². The number of amides is 1. The second kappa shape index (κ2) is 7.79. The van der Waals surface area contributed by atoms with E-state index in [1.807, 2.05) is 0 Å². The van der Waals surface area contributed by atoms with Crippen LogP contribution in [0.1, 0.15) is 40.5 Å². The predicted molar refractivity (Wildman–Crippen MR) is 84.7 cm³/mol. The third kappa shape index (κ3) is 7.65. The molecule has 0 spiro atoms. The van der Waals surface area contributed by atoms with Crippen LogP contribution in [0.4, 0.5) is 0 Å². The molecule has 0 aromatic heterocycles. The molecule has 1 aliphatic heterocycles. The molecule has 0 unspecified atom stereocenters. The molecule has 0 atom stereocenters. The summed E-state index contributed by atoms with van der Waals surface area (Å²) < 4.78 is 0. The summed E-state index contributed by atoms with van der Waals surface area (Å²) in [4.78, 5) is 13.4. The van der Waals surface area contributed by atoms with Gasteiger partial charge in [-0.1, -0.05) is 6.58 Å². The highest BCUT2D eigenvalue weighted by Gasteiger charge is 2.19. The Labute approximate surface area is 124 Å². The standard InChI is InChI=1S/C16H31N3O/c1-13(10-18-16(3,4)5)12-19-8-6-15(7-9-19)11-17-14(2)20/h15,18H,1,6-12H2,2-5H3,(H,17,20). The number of carbonyl (C=O) groups excluding carboxylic acids is 1. The summed E-state index contributed by atoms with van der Waals surface area (Å²) in [5.41, 5.74) is 1.40. The molecule has 0 bridgehead atoms. The smallest absolute Gasteiger partial charge is 0.216 e. The van der Waals surface area contributed by atoms with Gasteiger partial charge in [-0.15, -0.1) is 0 Å². The van der Waals surface area contributed by atoms with Crippen LogP contribution in [0.2, 0.25) is 0 Å². The van der Waals surface area contributed by atoms with Crippen molar-refractivity contribution in [1.82, 2.24) is 15.5 Å². The van der Waals surface area contributed by atoms with E-state index in [0.717, 1.165) is 32.7 Å². The van der Waals surface area contributed by atoms with Crippen LogP contribution >= 0.6 is 0 Å². The summed E-state index contributed by atoms with van der Waals surface area (Å²) in [6.45, 7) is 17.2. The van der Waals surface area contributed by atoms with Gasteiger partial charge in [-0.3, -0.25) is 9.69 Å². The summed E-state index contributed by atoms with van der Waals surface area (Å²) >= 11 is 0. The quantitative estimate of drug-likeness (QED) is 0.730. The number of hydrogen-bond donors (Lipinski definition) is 2. The zero-order valence-corrected chi connectivity index (χ0v) is 13.6. The highest BCUT2D eigenvalue weighted by molar-refractivity contribution is 5.72. The average molecular weight is 281 g/mol. The molecule has 1 amide bonds. The molecular formula is C16H31N3O. The molecular weight excluding hydrogens is 250 g/mol. The highest BCUT2D eigenvalue weighted by atomic mass is 16.1. The molecule has 4 heteroatoms. The van der Waals surface area contributed by atoms with Crippen molar-refractivity contribution in [2.24, 2.45) is 5.92 Å². The van der Waals surface area contributed by atoms with Crippen LogP contribution in [0.25, 0.3) is 0 Å². The minimum Gasteiger partial charge on any atom is -0.356 e. The molecule has 116 valence electrons. The van der Waals surface area contributed by atoms with E-state index >= 15 is 0 Å².